The Morgan fingerprint density at radius 2 is 1.34 bits per heavy atom. The molecule has 5 rings (SSSR count). The maximum atomic E-state index is 14.7. The van der Waals surface area contributed by atoms with Crippen LogP contribution in [0.15, 0.2) is 97.1 Å². The predicted molar refractivity (Wildman–Crippen MR) is 164 cm³/mol. The highest BCUT2D eigenvalue weighted by atomic mass is 19.2. The first-order valence-electron chi connectivity index (χ1n) is 14.7. The lowest BCUT2D eigenvalue weighted by Crippen LogP contribution is -2.20. The zero-order chi connectivity index (χ0) is 28.6. The van der Waals surface area contributed by atoms with Gasteiger partial charge in [0.25, 0.3) is 0 Å². The summed E-state index contributed by atoms with van der Waals surface area (Å²) in [4.78, 5) is 0. The molecule has 0 radical (unpaired) electrons. The van der Waals surface area contributed by atoms with E-state index < -0.39 is 11.6 Å². The van der Waals surface area contributed by atoms with Crippen molar-refractivity contribution in [1.82, 2.24) is 0 Å². The molecule has 0 saturated carbocycles. The number of benzene rings is 4. The zero-order valence-corrected chi connectivity index (χ0v) is 23.9. The fourth-order valence-corrected chi connectivity index (χ4v) is 5.46. The maximum Gasteiger partial charge on any atom is 0.201 e. The standard InChI is InChI=1S/C37H38F2O2/c1-3-5-6-7-26-8-22-34(41-25-26)32-19-15-30(16-20-32)28-11-9-27(10-12-28)29-13-17-31(18-14-29)33-21-23-35(40-24-4-2)37(39)36(33)38/h3,5,9-21,23,26,34H,4,6-8,22,24-25H2,1-2H3/b5-3+. The van der Waals surface area contributed by atoms with Gasteiger partial charge in [0.1, 0.15) is 0 Å². The zero-order valence-electron chi connectivity index (χ0n) is 23.9. The molecular weight excluding hydrogens is 514 g/mol. The highest BCUT2D eigenvalue weighted by Gasteiger charge is 2.22. The molecule has 1 heterocycles. The molecule has 0 bridgehead atoms. The monoisotopic (exact) mass is 552 g/mol. The molecular formula is C37H38F2O2. The van der Waals surface area contributed by atoms with Gasteiger partial charge in [0, 0.05) is 5.56 Å². The Morgan fingerprint density at radius 3 is 1.88 bits per heavy atom. The van der Waals surface area contributed by atoms with Crippen LogP contribution in [0, 0.1) is 17.6 Å². The number of ether oxygens (including phenoxy) is 2. The van der Waals surface area contributed by atoms with Crippen molar-refractivity contribution in [1.29, 1.82) is 0 Å². The fraction of sp³-hybridized carbons (Fsp3) is 0.297. The Kier molecular flexibility index (Phi) is 9.63. The number of halogens is 2. The van der Waals surface area contributed by atoms with Crippen molar-refractivity contribution in [3.8, 4) is 39.1 Å². The lowest BCUT2D eigenvalue weighted by atomic mass is 9.91. The van der Waals surface area contributed by atoms with E-state index in [1.165, 1.54) is 30.0 Å². The summed E-state index contributed by atoms with van der Waals surface area (Å²) in [6.07, 6.45) is 9.92. The molecule has 212 valence electrons. The van der Waals surface area contributed by atoms with E-state index in [4.69, 9.17) is 9.47 Å². The van der Waals surface area contributed by atoms with Crippen LogP contribution in [-0.4, -0.2) is 13.2 Å². The van der Waals surface area contributed by atoms with Crippen LogP contribution in [0.3, 0.4) is 0 Å². The summed E-state index contributed by atoms with van der Waals surface area (Å²) in [6.45, 7) is 5.19. The first-order chi connectivity index (χ1) is 20.1. The van der Waals surface area contributed by atoms with E-state index in [0.717, 1.165) is 42.6 Å². The van der Waals surface area contributed by atoms with E-state index in [0.29, 0.717) is 18.1 Å². The first-order valence-corrected chi connectivity index (χ1v) is 14.7. The second-order valence-corrected chi connectivity index (χ2v) is 10.8. The lowest BCUT2D eigenvalue weighted by Gasteiger charge is -2.29. The SMILES string of the molecule is C/C=C/CCC1CCC(c2ccc(-c3ccc(-c4ccc(-c5ccc(OCCC)c(F)c5F)cc4)cc3)cc2)OC1. The molecule has 41 heavy (non-hydrogen) atoms. The third kappa shape index (κ3) is 6.94. The molecule has 2 unspecified atom stereocenters. The summed E-state index contributed by atoms with van der Waals surface area (Å²) in [5.74, 6) is -1.22. The summed E-state index contributed by atoms with van der Waals surface area (Å²) in [5, 5.41) is 0. The van der Waals surface area contributed by atoms with Gasteiger partial charge in [0.15, 0.2) is 11.6 Å². The van der Waals surface area contributed by atoms with Gasteiger partial charge in [-0.25, -0.2) is 4.39 Å². The third-order valence-electron chi connectivity index (χ3n) is 7.89. The molecule has 1 aliphatic heterocycles. The molecule has 0 amide bonds. The Morgan fingerprint density at radius 1 is 0.756 bits per heavy atom. The fourth-order valence-electron chi connectivity index (χ4n) is 5.46. The van der Waals surface area contributed by atoms with Gasteiger partial charge in [-0.05, 0) is 90.5 Å². The molecule has 2 nitrogen and oxygen atoms in total. The van der Waals surface area contributed by atoms with E-state index >= 15 is 0 Å². The Bertz CT molecular complexity index is 1430. The molecule has 4 aromatic carbocycles. The highest BCUT2D eigenvalue weighted by Crippen LogP contribution is 2.35. The van der Waals surface area contributed by atoms with Crippen LogP contribution in [-0.2, 0) is 4.74 Å². The van der Waals surface area contributed by atoms with Gasteiger partial charge in [0.05, 0.1) is 19.3 Å². The van der Waals surface area contributed by atoms with Gasteiger partial charge in [0.2, 0.25) is 5.82 Å². The summed E-state index contributed by atoms with van der Waals surface area (Å²) in [5.41, 5.74) is 6.48. The van der Waals surface area contributed by atoms with Crippen molar-refractivity contribution >= 4 is 0 Å². The largest absolute Gasteiger partial charge is 0.490 e. The van der Waals surface area contributed by atoms with Crippen LogP contribution >= 0.6 is 0 Å². The Balaban J connectivity index is 1.21. The second-order valence-electron chi connectivity index (χ2n) is 10.8. The van der Waals surface area contributed by atoms with Crippen LogP contribution in [0.2, 0.25) is 0 Å². The molecule has 1 aliphatic rings. The van der Waals surface area contributed by atoms with Gasteiger partial charge in [-0.3, -0.25) is 0 Å². The van der Waals surface area contributed by atoms with Crippen LogP contribution in [0.25, 0.3) is 33.4 Å². The molecule has 0 N–H and O–H groups in total. The van der Waals surface area contributed by atoms with Gasteiger partial charge in [-0.15, -0.1) is 0 Å². The molecule has 1 saturated heterocycles. The van der Waals surface area contributed by atoms with Crippen molar-refractivity contribution in [3.05, 3.63) is 114 Å². The predicted octanol–water partition coefficient (Wildman–Crippen LogP) is 10.6. The van der Waals surface area contributed by atoms with Gasteiger partial charge >= 0.3 is 0 Å². The van der Waals surface area contributed by atoms with E-state index in [1.807, 2.05) is 31.2 Å². The van der Waals surface area contributed by atoms with Gasteiger partial charge in [-0.1, -0.05) is 91.9 Å². The summed E-state index contributed by atoms with van der Waals surface area (Å²) in [6, 6.07) is 27.7. The van der Waals surface area contributed by atoms with Crippen molar-refractivity contribution in [3.63, 3.8) is 0 Å². The van der Waals surface area contributed by atoms with Crippen molar-refractivity contribution in [2.24, 2.45) is 5.92 Å². The molecule has 0 aromatic heterocycles. The van der Waals surface area contributed by atoms with Crippen molar-refractivity contribution in [2.75, 3.05) is 13.2 Å². The van der Waals surface area contributed by atoms with E-state index in [-0.39, 0.29) is 17.4 Å². The lowest BCUT2D eigenvalue weighted by molar-refractivity contribution is -0.0190. The molecule has 0 spiro atoms. The van der Waals surface area contributed by atoms with E-state index in [2.05, 4.69) is 67.6 Å². The van der Waals surface area contributed by atoms with Crippen LogP contribution in [0.5, 0.6) is 5.75 Å². The normalized spacial score (nSPS) is 17.2. The minimum absolute atomic E-state index is 0.0499. The minimum Gasteiger partial charge on any atom is -0.490 e. The molecule has 1 fully saturated rings. The average Bonchev–Trinajstić information content (AvgIpc) is 3.03. The topological polar surface area (TPSA) is 18.5 Å². The quantitative estimate of drug-likeness (QED) is 0.182. The Hall–Kier alpha value is -3.76. The van der Waals surface area contributed by atoms with Crippen LogP contribution < -0.4 is 4.74 Å². The second kappa shape index (κ2) is 13.7. The smallest absolute Gasteiger partial charge is 0.201 e. The van der Waals surface area contributed by atoms with Crippen molar-refractivity contribution in [2.45, 2.75) is 52.1 Å². The average molecular weight is 553 g/mol. The van der Waals surface area contributed by atoms with Gasteiger partial charge < -0.3 is 9.47 Å². The molecule has 0 aliphatic carbocycles. The summed E-state index contributed by atoms with van der Waals surface area (Å²) < 4.78 is 40.7. The highest BCUT2D eigenvalue weighted by molar-refractivity contribution is 5.73. The van der Waals surface area contributed by atoms with Crippen molar-refractivity contribution < 1.29 is 18.3 Å². The van der Waals surface area contributed by atoms with E-state index in [1.54, 1.807) is 6.07 Å². The number of hydrogen-bond donors (Lipinski definition) is 0. The number of hydrogen-bond acceptors (Lipinski definition) is 2. The number of allylic oxidation sites excluding steroid dienone is 2. The van der Waals surface area contributed by atoms with Crippen LogP contribution in [0.1, 0.15) is 57.6 Å². The van der Waals surface area contributed by atoms with Gasteiger partial charge in [-0.2, -0.15) is 4.39 Å². The maximum absolute atomic E-state index is 14.7. The Labute approximate surface area is 242 Å². The summed E-state index contributed by atoms with van der Waals surface area (Å²) >= 11 is 0. The van der Waals surface area contributed by atoms with Crippen LogP contribution in [0.4, 0.5) is 8.78 Å². The summed E-state index contributed by atoms with van der Waals surface area (Å²) in [7, 11) is 0. The van der Waals surface area contributed by atoms with E-state index in [9.17, 15) is 8.78 Å². The molecule has 2 atom stereocenters. The minimum atomic E-state index is -0.945. The number of rotatable bonds is 10. The first kappa shape index (κ1) is 28.8. The molecule has 4 aromatic rings. The third-order valence-corrected chi connectivity index (χ3v) is 7.89. The molecule has 4 heteroatoms.